The Morgan fingerprint density at radius 1 is 1.08 bits per heavy atom. The molecule has 0 aromatic heterocycles. The number of hydrogen-bond donors (Lipinski definition) is 2. The molecule has 2 unspecified atom stereocenters. The first-order valence-electron chi connectivity index (χ1n) is 14.6. The van der Waals surface area contributed by atoms with Gasteiger partial charge in [0.1, 0.15) is 10.6 Å². The number of nitrogens with one attached hydrogen (secondary N) is 2. The van der Waals surface area contributed by atoms with Gasteiger partial charge < -0.3 is 5.32 Å². The van der Waals surface area contributed by atoms with Gasteiger partial charge in [-0.25, -0.2) is 18.4 Å². The molecular formula is C35H28ClN6O5S2+. The lowest BCUT2D eigenvalue weighted by atomic mass is 10.1. The second-order valence-electron chi connectivity index (χ2n) is 10.9. The second kappa shape index (κ2) is 14.0. The molecule has 2 aliphatic rings. The molecule has 14 heteroatoms. The van der Waals surface area contributed by atoms with E-state index < -0.39 is 26.0 Å². The first kappa shape index (κ1) is 34.9. The van der Waals surface area contributed by atoms with Crippen molar-refractivity contribution in [2.75, 3.05) is 24.7 Å². The molecule has 1 fully saturated rings. The summed E-state index contributed by atoms with van der Waals surface area (Å²) in [5, 5.41) is 2.95. The third kappa shape index (κ3) is 7.53. The predicted molar refractivity (Wildman–Crippen MR) is 192 cm³/mol. The van der Waals surface area contributed by atoms with E-state index in [0.29, 0.717) is 33.1 Å². The Morgan fingerprint density at radius 3 is 2.47 bits per heavy atom. The number of halogens is 1. The third-order valence-corrected chi connectivity index (χ3v) is 10.3. The topological polar surface area (TPSA) is 137 Å². The summed E-state index contributed by atoms with van der Waals surface area (Å²) < 4.78 is 55.5. The molecule has 0 spiro atoms. The Morgan fingerprint density at radius 2 is 1.78 bits per heavy atom. The number of likely N-dealkylation sites (N-methyl/N-ethyl adjacent to an activating group) is 1. The van der Waals surface area contributed by atoms with E-state index >= 15 is 0 Å². The lowest BCUT2D eigenvalue weighted by molar-refractivity contribution is -0.110. The van der Waals surface area contributed by atoms with Gasteiger partial charge in [0.25, 0.3) is 15.9 Å². The molecule has 1 saturated heterocycles. The fourth-order valence-electron chi connectivity index (χ4n) is 5.18. The van der Waals surface area contributed by atoms with Crippen LogP contribution in [0.5, 0.6) is 0 Å². The first-order chi connectivity index (χ1) is 23.3. The fraction of sp³-hybridized carbons (Fsp3) is 0.171. The average molecular weight is 712 g/mol. The van der Waals surface area contributed by atoms with Gasteiger partial charge in [0.05, 0.1) is 34.9 Å². The highest BCUT2D eigenvalue weighted by atomic mass is 35.5. The standard InChI is InChI=1S/C35H27ClN6O5S2/c1-5-7-8-9-10-15-22-41-34(38-30-18-13-14-19-31(30)49(41,46)47)33(35(43)39-29-17-12-11-16-27(29)36)37-28-21-20-26(23-25(28)3)42(6-2)24-32(42)40-48(4,44)45/h1,11-14,16-21,23,32,40H,6,24H2,2-4H3/p+1. The number of aliphatic imine (C=N–C) groups is 2. The average Bonchev–Trinajstić information content (AvgIpc) is 3.75. The summed E-state index contributed by atoms with van der Waals surface area (Å²) in [6.45, 7) is 4.93. The molecule has 3 aromatic carbocycles. The van der Waals surface area contributed by atoms with E-state index in [1.54, 1.807) is 55.5 Å². The number of fused-ring (bicyclic) bond motifs is 1. The van der Waals surface area contributed by atoms with E-state index in [-0.39, 0.29) is 39.0 Å². The van der Waals surface area contributed by atoms with E-state index in [1.807, 2.05) is 13.0 Å². The van der Waals surface area contributed by atoms with Crippen LogP contribution < -0.4 is 14.5 Å². The number of amides is 1. The number of aryl methyl sites for hydroxylation is 1. The molecule has 0 radical (unpaired) electrons. The summed E-state index contributed by atoms with van der Waals surface area (Å²) in [6.07, 6.45) is 5.91. The van der Waals surface area contributed by atoms with E-state index in [4.69, 9.17) is 18.0 Å². The minimum atomic E-state index is -4.39. The Kier molecular flexibility index (Phi) is 9.98. The van der Waals surface area contributed by atoms with Crippen LogP contribution in [0.25, 0.3) is 0 Å². The van der Waals surface area contributed by atoms with E-state index in [1.165, 1.54) is 12.1 Å². The highest BCUT2D eigenvalue weighted by Gasteiger charge is 2.57. The van der Waals surface area contributed by atoms with E-state index in [2.05, 4.69) is 61.6 Å². The van der Waals surface area contributed by atoms with Crippen molar-refractivity contribution >= 4 is 71.9 Å². The molecule has 1 amide bonds. The maximum atomic E-state index is 14.1. The first-order valence-corrected chi connectivity index (χ1v) is 18.3. The van der Waals surface area contributed by atoms with Crippen molar-refractivity contribution in [2.45, 2.75) is 24.9 Å². The number of sulfonamides is 2. The Balaban J connectivity index is 1.67. The fourth-order valence-corrected chi connectivity index (χ4v) is 7.48. The van der Waals surface area contributed by atoms with Crippen molar-refractivity contribution in [1.29, 1.82) is 0 Å². The summed E-state index contributed by atoms with van der Waals surface area (Å²) >= 11 is 6.34. The number of terminal acetylenes is 1. The van der Waals surface area contributed by atoms with Gasteiger partial charge in [-0.3, -0.25) is 9.28 Å². The number of carbonyl (C=O) groups excluding carboxylic acids is 1. The van der Waals surface area contributed by atoms with Crippen LogP contribution in [0, 0.1) is 54.9 Å². The SMILES string of the molecule is C#CC#CC#CC#CN1C(C(=Nc2ccc([N+]3(CC)CC3NS(C)(=O)=O)cc2C)C(=O)Nc2ccccc2Cl)=Nc2ccccc2S1(=O)=O. The summed E-state index contributed by atoms with van der Waals surface area (Å²) in [5.74, 6) is 12.9. The van der Waals surface area contributed by atoms with E-state index in [9.17, 15) is 21.6 Å². The summed E-state index contributed by atoms with van der Waals surface area (Å²) in [5.41, 5.74) is 1.75. The number of carbonyl (C=O) groups is 1. The zero-order valence-electron chi connectivity index (χ0n) is 26.4. The van der Waals surface area contributed by atoms with Crippen LogP contribution in [0.1, 0.15) is 12.5 Å². The van der Waals surface area contributed by atoms with Gasteiger partial charge in [0, 0.05) is 35.9 Å². The molecule has 0 bridgehead atoms. The number of amidine groups is 1. The van der Waals surface area contributed by atoms with Gasteiger partial charge >= 0.3 is 0 Å². The molecule has 246 valence electrons. The van der Waals surface area contributed by atoms with Gasteiger partial charge in [0.2, 0.25) is 16.2 Å². The molecule has 2 N–H and O–H groups in total. The molecule has 0 aliphatic carbocycles. The highest BCUT2D eigenvalue weighted by Crippen LogP contribution is 2.40. The molecule has 2 atom stereocenters. The zero-order valence-corrected chi connectivity index (χ0v) is 28.8. The van der Waals surface area contributed by atoms with E-state index in [0.717, 1.165) is 11.9 Å². The van der Waals surface area contributed by atoms with Crippen LogP contribution in [0.3, 0.4) is 0 Å². The van der Waals surface area contributed by atoms with Gasteiger partial charge in [-0.05, 0) is 67.5 Å². The molecule has 2 aliphatic heterocycles. The van der Waals surface area contributed by atoms with Gasteiger partial charge in [-0.2, -0.15) is 17.4 Å². The smallest absolute Gasteiger partial charge is 0.279 e. The normalized spacial score (nSPS) is 18.8. The van der Waals surface area contributed by atoms with Crippen molar-refractivity contribution in [1.82, 2.24) is 13.5 Å². The van der Waals surface area contributed by atoms with Crippen LogP contribution in [0.15, 0.2) is 81.6 Å². The molecule has 11 nitrogen and oxygen atoms in total. The molecule has 2 heterocycles. The number of anilines is 1. The maximum absolute atomic E-state index is 14.1. The van der Waals surface area contributed by atoms with Crippen LogP contribution in [-0.4, -0.2) is 64.1 Å². The molecule has 5 rings (SSSR count). The minimum absolute atomic E-state index is 0.0761. The van der Waals surface area contributed by atoms with Crippen LogP contribution in [-0.2, 0) is 24.8 Å². The zero-order chi connectivity index (χ0) is 35.4. The number of nitrogens with zero attached hydrogens (tertiary/aromatic N) is 4. The van der Waals surface area contributed by atoms with Crippen molar-refractivity contribution in [3.8, 4) is 48.0 Å². The number of hydrogen-bond acceptors (Lipinski definition) is 7. The lowest BCUT2D eigenvalue weighted by Crippen LogP contribution is -2.44. The van der Waals surface area contributed by atoms with Crippen molar-refractivity contribution < 1.29 is 21.6 Å². The summed E-state index contributed by atoms with van der Waals surface area (Å²) in [4.78, 5) is 23.2. The molecular weight excluding hydrogens is 684 g/mol. The van der Waals surface area contributed by atoms with Gasteiger partial charge in [-0.1, -0.05) is 35.9 Å². The minimum Gasteiger partial charge on any atom is -0.319 e. The highest BCUT2D eigenvalue weighted by molar-refractivity contribution is 7.90. The Hall–Kier alpha value is -5.38. The van der Waals surface area contributed by atoms with Gasteiger partial charge in [0.15, 0.2) is 18.1 Å². The number of quaternary nitrogens is 1. The Labute approximate surface area is 290 Å². The van der Waals surface area contributed by atoms with Crippen LogP contribution >= 0.6 is 11.6 Å². The van der Waals surface area contributed by atoms with Crippen molar-refractivity contribution in [3.05, 3.63) is 77.3 Å². The molecule has 0 saturated carbocycles. The van der Waals surface area contributed by atoms with Crippen molar-refractivity contribution in [2.24, 2.45) is 9.98 Å². The summed E-state index contributed by atoms with van der Waals surface area (Å²) in [6, 6.07) is 20.4. The lowest BCUT2D eigenvalue weighted by Gasteiger charge is -2.25. The maximum Gasteiger partial charge on any atom is 0.279 e. The number of rotatable bonds is 8. The largest absolute Gasteiger partial charge is 0.319 e. The summed E-state index contributed by atoms with van der Waals surface area (Å²) in [7, 11) is -7.81. The quantitative estimate of drug-likeness (QED) is 0.158. The predicted octanol–water partition coefficient (Wildman–Crippen LogP) is 3.91. The second-order valence-corrected chi connectivity index (χ2v) is 14.8. The van der Waals surface area contributed by atoms with Gasteiger partial charge in [-0.15, -0.1) is 6.42 Å². The monoisotopic (exact) mass is 711 g/mol. The molecule has 49 heavy (non-hydrogen) atoms. The third-order valence-electron chi connectivity index (χ3n) is 7.63. The van der Waals surface area contributed by atoms with Crippen LogP contribution in [0.4, 0.5) is 22.7 Å². The molecule has 3 aromatic rings. The van der Waals surface area contributed by atoms with Crippen LogP contribution in [0.2, 0.25) is 5.02 Å². The Bertz CT molecular complexity index is 2400. The number of benzene rings is 3. The number of para-hydroxylation sites is 2. The van der Waals surface area contributed by atoms with Crippen molar-refractivity contribution in [3.63, 3.8) is 0 Å².